The van der Waals surface area contributed by atoms with Crippen LogP contribution >= 0.6 is 0 Å². The van der Waals surface area contributed by atoms with Gasteiger partial charge in [-0.3, -0.25) is 20.0 Å². The molecule has 1 atom stereocenters. The van der Waals surface area contributed by atoms with Gasteiger partial charge in [-0.05, 0) is 43.4 Å². The average molecular weight is 496 g/mol. The number of hydrogen-bond donors (Lipinski definition) is 4. The Labute approximate surface area is 216 Å². The molecule has 2 aliphatic heterocycles. The second-order valence-electron chi connectivity index (χ2n) is 10.2. The van der Waals surface area contributed by atoms with E-state index >= 15 is 0 Å². The second kappa shape index (κ2) is 9.49. The first-order chi connectivity index (χ1) is 18.0. The van der Waals surface area contributed by atoms with E-state index in [2.05, 4.69) is 97.3 Å². The van der Waals surface area contributed by atoms with Crippen LogP contribution in [0, 0.1) is 5.92 Å². The number of nitrogens with zero attached hydrogens (tertiary/aromatic N) is 5. The summed E-state index contributed by atoms with van der Waals surface area (Å²) in [5.41, 5.74) is 8.77. The van der Waals surface area contributed by atoms with Crippen molar-refractivity contribution in [1.29, 1.82) is 0 Å². The van der Waals surface area contributed by atoms with Gasteiger partial charge in [0.05, 0.1) is 35.0 Å². The highest BCUT2D eigenvalue weighted by atomic mass is 15.3. The molecule has 4 N–H and O–H groups in total. The van der Waals surface area contributed by atoms with E-state index in [1.807, 2.05) is 18.6 Å². The van der Waals surface area contributed by atoms with Crippen molar-refractivity contribution < 1.29 is 0 Å². The first-order valence-corrected chi connectivity index (χ1v) is 12.8. The highest BCUT2D eigenvalue weighted by Crippen LogP contribution is 2.34. The van der Waals surface area contributed by atoms with Crippen molar-refractivity contribution in [2.24, 2.45) is 5.92 Å². The predicted molar refractivity (Wildman–Crippen MR) is 148 cm³/mol. The zero-order valence-corrected chi connectivity index (χ0v) is 21.5. The number of nitrogens with one attached hydrogen (secondary N) is 4. The number of pyridine rings is 2. The molecular weight excluding hydrogens is 462 g/mol. The molecule has 0 saturated carbocycles. The third-order valence-electron chi connectivity index (χ3n) is 7.32. The van der Waals surface area contributed by atoms with Crippen LogP contribution < -0.4 is 10.6 Å². The van der Waals surface area contributed by atoms with Gasteiger partial charge in [-0.25, -0.2) is 0 Å². The fraction of sp³-hybridized carbons (Fsp3) is 0.321. The molecule has 9 nitrogen and oxygen atoms in total. The zero-order valence-electron chi connectivity index (χ0n) is 21.5. The molecule has 9 heteroatoms. The van der Waals surface area contributed by atoms with E-state index < -0.39 is 0 Å². The van der Waals surface area contributed by atoms with Crippen molar-refractivity contribution in [1.82, 2.24) is 40.3 Å². The molecule has 4 aromatic rings. The van der Waals surface area contributed by atoms with E-state index in [1.165, 1.54) is 5.56 Å². The number of fused-ring (bicyclic) bond motifs is 2. The Hall–Kier alpha value is -3.95. The van der Waals surface area contributed by atoms with Crippen molar-refractivity contribution in [3.63, 3.8) is 0 Å². The van der Waals surface area contributed by atoms with Crippen LogP contribution in [-0.4, -0.2) is 68.2 Å². The van der Waals surface area contributed by atoms with Gasteiger partial charge in [-0.1, -0.05) is 20.4 Å². The van der Waals surface area contributed by atoms with Gasteiger partial charge in [0.1, 0.15) is 11.9 Å². The molecule has 4 aromatic heterocycles. The number of H-pyrrole nitrogens is 2. The lowest BCUT2D eigenvalue weighted by Crippen LogP contribution is -2.49. The number of rotatable bonds is 6. The van der Waals surface area contributed by atoms with Crippen LogP contribution in [0.25, 0.3) is 39.6 Å². The predicted octanol–water partition coefficient (Wildman–Crippen LogP) is 4.42. The molecule has 1 saturated heterocycles. The zero-order chi connectivity index (χ0) is 25.5. The van der Waals surface area contributed by atoms with Gasteiger partial charge in [0, 0.05) is 60.3 Å². The van der Waals surface area contributed by atoms with Crippen molar-refractivity contribution in [2.75, 3.05) is 38.5 Å². The van der Waals surface area contributed by atoms with E-state index in [-0.39, 0.29) is 6.17 Å². The summed E-state index contributed by atoms with van der Waals surface area (Å²) in [5, 5.41) is 15.8. The molecule has 0 aliphatic carbocycles. The lowest BCUT2D eigenvalue weighted by molar-refractivity contribution is 0.101. The van der Waals surface area contributed by atoms with Gasteiger partial charge < -0.3 is 20.5 Å². The quantitative estimate of drug-likeness (QED) is 0.314. The highest BCUT2D eigenvalue weighted by molar-refractivity contribution is 5.94. The maximum Gasteiger partial charge on any atom is 0.116 e. The standard InChI is InChI=1S/C28H33N9/c1-17(2)18(3)32-20-11-19(14-29-15-20)24-12-21-26(16-31-24)34-35-27(21)25-13-22-23(33-25)5-6-30-28(22)37-9-7-36(4)8-10-37/h5-6,11-17,28,30,32-33H,3,7-10H2,1-2,4H3,(H,34,35). The van der Waals surface area contributed by atoms with Crippen molar-refractivity contribution >= 4 is 22.7 Å². The molecule has 6 heterocycles. The molecular formula is C28H33N9. The number of aromatic nitrogens is 5. The molecule has 6 rings (SSSR count). The van der Waals surface area contributed by atoms with E-state index in [1.54, 1.807) is 6.20 Å². The maximum absolute atomic E-state index is 4.68. The van der Waals surface area contributed by atoms with Crippen LogP contribution in [0.3, 0.4) is 0 Å². The summed E-state index contributed by atoms with van der Waals surface area (Å²) < 4.78 is 0. The van der Waals surface area contributed by atoms with Crippen LogP contribution in [0.1, 0.15) is 31.3 Å². The summed E-state index contributed by atoms with van der Waals surface area (Å²) >= 11 is 0. The normalized spacial score (nSPS) is 18.2. The van der Waals surface area contributed by atoms with Crippen LogP contribution in [0.2, 0.25) is 0 Å². The Bertz CT molecular complexity index is 1470. The Morgan fingerprint density at radius 3 is 2.76 bits per heavy atom. The third kappa shape index (κ3) is 4.52. The third-order valence-corrected chi connectivity index (χ3v) is 7.32. The Balaban J connectivity index is 1.32. The first kappa shape index (κ1) is 23.4. The van der Waals surface area contributed by atoms with E-state index in [9.17, 15) is 0 Å². The molecule has 0 spiro atoms. The first-order valence-electron chi connectivity index (χ1n) is 12.8. The Morgan fingerprint density at radius 2 is 1.95 bits per heavy atom. The Morgan fingerprint density at radius 1 is 1.11 bits per heavy atom. The molecule has 0 bridgehead atoms. The maximum atomic E-state index is 4.68. The average Bonchev–Trinajstić information content (AvgIpc) is 3.53. The van der Waals surface area contributed by atoms with Gasteiger partial charge in [-0.2, -0.15) is 5.10 Å². The number of piperazine rings is 1. The minimum absolute atomic E-state index is 0.156. The minimum atomic E-state index is 0.156. The van der Waals surface area contributed by atoms with Gasteiger partial charge in [0.2, 0.25) is 0 Å². The van der Waals surface area contributed by atoms with Gasteiger partial charge in [0.15, 0.2) is 0 Å². The van der Waals surface area contributed by atoms with Gasteiger partial charge in [-0.15, -0.1) is 0 Å². The summed E-state index contributed by atoms with van der Waals surface area (Å²) in [4.78, 5) is 17.6. The number of aromatic amines is 2. The lowest BCUT2D eigenvalue weighted by atomic mass is 10.1. The summed E-state index contributed by atoms with van der Waals surface area (Å²) in [6.45, 7) is 12.6. The van der Waals surface area contributed by atoms with E-state index in [0.29, 0.717) is 5.92 Å². The summed E-state index contributed by atoms with van der Waals surface area (Å²) in [6, 6.07) is 6.37. The SMILES string of the molecule is C=C(Nc1cncc(-c2cc3c(-c4cc5c([nH]4)C=CNC5N4CCN(C)CC4)n[nH]c3cn2)c1)C(C)C. The Kier molecular flexibility index (Phi) is 6.02. The number of likely N-dealkylation sites (N-methyl/N-ethyl adjacent to an activating group) is 1. The minimum Gasteiger partial charge on any atom is -0.372 e. The largest absolute Gasteiger partial charge is 0.372 e. The summed E-state index contributed by atoms with van der Waals surface area (Å²) in [5.74, 6) is 0.333. The molecule has 2 aliphatic rings. The van der Waals surface area contributed by atoms with Crippen LogP contribution in [0.5, 0.6) is 0 Å². The number of allylic oxidation sites excluding steroid dienone is 1. The summed E-state index contributed by atoms with van der Waals surface area (Å²) in [7, 11) is 2.18. The molecule has 0 radical (unpaired) electrons. The number of hydrogen-bond acceptors (Lipinski definition) is 7. The lowest BCUT2D eigenvalue weighted by Gasteiger charge is -2.39. The molecule has 190 valence electrons. The monoisotopic (exact) mass is 495 g/mol. The van der Waals surface area contributed by atoms with Crippen molar-refractivity contribution in [2.45, 2.75) is 20.0 Å². The fourth-order valence-electron chi connectivity index (χ4n) is 4.93. The summed E-state index contributed by atoms with van der Waals surface area (Å²) in [6.07, 6.45) is 9.78. The van der Waals surface area contributed by atoms with Crippen LogP contribution in [0.15, 0.2) is 55.3 Å². The van der Waals surface area contributed by atoms with Crippen LogP contribution in [-0.2, 0) is 0 Å². The molecule has 0 amide bonds. The van der Waals surface area contributed by atoms with E-state index in [0.717, 1.165) is 76.8 Å². The topological polar surface area (TPSA) is 101 Å². The van der Waals surface area contributed by atoms with Gasteiger partial charge in [0.25, 0.3) is 0 Å². The van der Waals surface area contributed by atoms with Gasteiger partial charge >= 0.3 is 0 Å². The smallest absolute Gasteiger partial charge is 0.116 e. The fourth-order valence-corrected chi connectivity index (χ4v) is 4.93. The second-order valence-corrected chi connectivity index (χ2v) is 10.2. The van der Waals surface area contributed by atoms with Crippen molar-refractivity contribution in [3.05, 3.63) is 66.5 Å². The molecule has 0 aromatic carbocycles. The highest BCUT2D eigenvalue weighted by Gasteiger charge is 2.28. The molecule has 1 fully saturated rings. The van der Waals surface area contributed by atoms with Crippen LogP contribution in [0.4, 0.5) is 5.69 Å². The van der Waals surface area contributed by atoms with Crippen molar-refractivity contribution in [3.8, 4) is 22.6 Å². The van der Waals surface area contributed by atoms with E-state index in [4.69, 9.17) is 0 Å². The number of anilines is 1. The molecule has 37 heavy (non-hydrogen) atoms. The molecule has 1 unspecified atom stereocenters.